The molecule has 4 aliphatic rings. The van der Waals surface area contributed by atoms with Crippen molar-refractivity contribution < 1.29 is 9.59 Å². The fourth-order valence-electron chi connectivity index (χ4n) is 6.54. The van der Waals surface area contributed by atoms with E-state index in [1.807, 2.05) is 0 Å². The molecule has 1 spiro atoms. The van der Waals surface area contributed by atoms with Gasteiger partial charge in [-0.05, 0) is 104 Å². The van der Waals surface area contributed by atoms with Crippen molar-refractivity contribution in [2.75, 3.05) is 0 Å². The number of carbonyl (C=O) groups is 2. The summed E-state index contributed by atoms with van der Waals surface area (Å²) in [6.45, 7) is 1.71. The number of fused-ring (bicyclic) bond motifs is 5. The standard InChI is InChI=1S/C25H24O2/c1-14(26)22-20-7-3-5-16(20)10-18-12-25(13-21(18)22)11-17-9-8-15-4-2-6-19(15)23(17)24(25)27/h8-10H,2-7,11-13H2,1H3. The van der Waals surface area contributed by atoms with Crippen LogP contribution < -0.4 is 0 Å². The molecule has 136 valence electrons. The highest BCUT2D eigenvalue weighted by molar-refractivity contribution is 6.08. The summed E-state index contributed by atoms with van der Waals surface area (Å²) in [6.07, 6.45) is 9.03. The van der Waals surface area contributed by atoms with Gasteiger partial charge in [0.2, 0.25) is 0 Å². The van der Waals surface area contributed by atoms with E-state index in [2.05, 4.69) is 18.2 Å². The van der Waals surface area contributed by atoms with Gasteiger partial charge in [0.15, 0.2) is 11.6 Å². The van der Waals surface area contributed by atoms with Crippen molar-refractivity contribution in [1.29, 1.82) is 0 Å². The Kier molecular flexibility index (Phi) is 3.03. The number of hydrogen-bond acceptors (Lipinski definition) is 2. The summed E-state index contributed by atoms with van der Waals surface area (Å²) in [7, 11) is 0. The van der Waals surface area contributed by atoms with E-state index in [1.54, 1.807) is 6.92 Å². The van der Waals surface area contributed by atoms with Crippen LogP contribution in [0.2, 0.25) is 0 Å². The Hall–Kier alpha value is -2.22. The molecule has 2 aromatic rings. The minimum Gasteiger partial charge on any atom is -0.294 e. The zero-order valence-electron chi connectivity index (χ0n) is 15.9. The molecule has 0 aliphatic heterocycles. The summed E-state index contributed by atoms with van der Waals surface area (Å²) in [6, 6.07) is 6.80. The first-order chi connectivity index (χ1) is 13.1. The summed E-state index contributed by atoms with van der Waals surface area (Å²) < 4.78 is 0. The van der Waals surface area contributed by atoms with Crippen molar-refractivity contribution in [3.8, 4) is 0 Å². The average Bonchev–Trinajstić information content (AvgIpc) is 3.38. The zero-order valence-corrected chi connectivity index (χ0v) is 15.9. The quantitative estimate of drug-likeness (QED) is 0.710. The minimum atomic E-state index is -0.332. The number of aryl methyl sites for hydroxylation is 2. The molecule has 0 N–H and O–H groups in total. The van der Waals surface area contributed by atoms with E-state index in [4.69, 9.17) is 0 Å². The smallest absolute Gasteiger partial charge is 0.170 e. The predicted molar refractivity (Wildman–Crippen MR) is 105 cm³/mol. The molecule has 0 aromatic heterocycles. The third-order valence-corrected chi connectivity index (χ3v) is 7.60. The molecule has 0 amide bonds. The topological polar surface area (TPSA) is 34.1 Å². The first-order valence-corrected chi connectivity index (χ1v) is 10.4. The monoisotopic (exact) mass is 356 g/mol. The zero-order chi connectivity index (χ0) is 18.3. The van der Waals surface area contributed by atoms with Gasteiger partial charge in [0.1, 0.15) is 0 Å². The van der Waals surface area contributed by atoms with Crippen LogP contribution in [-0.4, -0.2) is 11.6 Å². The highest BCUT2D eigenvalue weighted by Crippen LogP contribution is 2.51. The summed E-state index contributed by atoms with van der Waals surface area (Å²) in [5.74, 6) is 0.549. The molecule has 2 aromatic carbocycles. The Morgan fingerprint density at radius 3 is 2.33 bits per heavy atom. The lowest BCUT2D eigenvalue weighted by molar-refractivity contribution is 0.0829. The van der Waals surface area contributed by atoms with E-state index in [0.717, 1.165) is 62.5 Å². The summed E-state index contributed by atoms with van der Waals surface area (Å²) in [5, 5.41) is 0. The van der Waals surface area contributed by atoms with E-state index in [-0.39, 0.29) is 11.2 Å². The molecular weight excluding hydrogens is 332 g/mol. The second kappa shape index (κ2) is 5.19. The maximum absolute atomic E-state index is 13.7. The SMILES string of the molecule is CC(=O)c1c2c(cc3c1CC1(C3)Cc3ccc4c(c3C1=O)CCC4)CCC2. The molecule has 1 atom stereocenters. The molecule has 0 heterocycles. The normalized spacial score (nSPS) is 24.3. The van der Waals surface area contributed by atoms with Gasteiger partial charge in [-0.2, -0.15) is 0 Å². The Balaban J connectivity index is 1.48. The molecule has 0 saturated carbocycles. The Labute approximate surface area is 160 Å². The summed E-state index contributed by atoms with van der Waals surface area (Å²) in [5.41, 5.74) is 10.8. The number of hydrogen-bond donors (Lipinski definition) is 0. The van der Waals surface area contributed by atoms with E-state index < -0.39 is 0 Å². The lowest BCUT2D eigenvalue weighted by atomic mass is 9.80. The number of benzene rings is 2. The van der Waals surface area contributed by atoms with Crippen LogP contribution in [0, 0.1) is 5.41 Å². The molecular formula is C25H24O2. The fourth-order valence-corrected chi connectivity index (χ4v) is 6.54. The van der Waals surface area contributed by atoms with Crippen molar-refractivity contribution in [2.45, 2.75) is 64.7 Å². The molecule has 6 rings (SSSR count). The van der Waals surface area contributed by atoms with Crippen molar-refractivity contribution in [2.24, 2.45) is 5.41 Å². The van der Waals surface area contributed by atoms with Crippen molar-refractivity contribution >= 4 is 11.6 Å². The lowest BCUT2D eigenvalue weighted by Gasteiger charge is -2.20. The molecule has 2 heteroatoms. The van der Waals surface area contributed by atoms with Gasteiger partial charge >= 0.3 is 0 Å². The van der Waals surface area contributed by atoms with E-state index in [1.165, 1.54) is 45.4 Å². The second-order valence-corrected chi connectivity index (χ2v) is 9.17. The van der Waals surface area contributed by atoms with Crippen LogP contribution in [0.4, 0.5) is 0 Å². The van der Waals surface area contributed by atoms with E-state index in [0.29, 0.717) is 5.78 Å². The predicted octanol–water partition coefficient (Wildman–Crippen LogP) is 4.39. The second-order valence-electron chi connectivity index (χ2n) is 9.17. The van der Waals surface area contributed by atoms with Gasteiger partial charge < -0.3 is 0 Å². The van der Waals surface area contributed by atoms with Gasteiger partial charge in [0, 0.05) is 16.5 Å². The molecule has 0 radical (unpaired) electrons. The molecule has 1 unspecified atom stereocenters. The molecule has 27 heavy (non-hydrogen) atoms. The largest absolute Gasteiger partial charge is 0.294 e. The third-order valence-electron chi connectivity index (χ3n) is 7.60. The van der Waals surface area contributed by atoms with E-state index >= 15 is 0 Å². The van der Waals surface area contributed by atoms with Gasteiger partial charge in [0.05, 0.1) is 0 Å². The molecule has 0 fully saturated rings. The maximum atomic E-state index is 13.7. The van der Waals surface area contributed by atoms with Gasteiger partial charge in [-0.1, -0.05) is 18.2 Å². The average molecular weight is 356 g/mol. The first kappa shape index (κ1) is 15.8. The molecule has 0 bridgehead atoms. The molecule has 0 saturated heterocycles. The highest BCUT2D eigenvalue weighted by atomic mass is 16.1. The Morgan fingerprint density at radius 1 is 0.815 bits per heavy atom. The van der Waals surface area contributed by atoms with Gasteiger partial charge in [-0.3, -0.25) is 9.59 Å². The summed E-state index contributed by atoms with van der Waals surface area (Å²) >= 11 is 0. The maximum Gasteiger partial charge on any atom is 0.170 e. The first-order valence-electron chi connectivity index (χ1n) is 10.4. The van der Waals surface area contributed by atoms with Gasteiger partial charge in [0.25, 0.3) is 0 Å². The minimum absolute atomic E-state index is 0.186. The molecule has 2 nitrogen and oxygen atoms in total. The number of Topliss-reactive ketones (excluding diaryl/α,β-unsaturated/α-hetero) is 2. The van der Waals surface area contributed by atoms with Crippen molar-refractivity contribution in [3.63, 3.8) is 0 Å². The highest BCUT2D eigenvalue weighted by Gasteiger charge is 2.51. The van der Waals surface area contributed by atoms with E-state index in [9.17, 15) is 9.59 Å². The number of ketones is 2. The lowest BCUT2D eigenvalue weighted by Crippen LogP contribution is -2.29. The van der Waals surface area contributed by atoms with Crippen LogP contribution >= 0.6 is 0 Å². The van der Waals surface area contributed by atoms with Crippen molar-refractivity contribution in [1.82, 2.24) is 0 Å². The van der Waals surface area contributed by atoms with Crippen LogP contribution in [-0.2, 0) is 44.9 Å². The van der Waals surface area contributed by atoms with Gasteiger partial charge in [-0.15, -0.1) is 0 Å². The van der Waals surface area contributed by atoms with Crippen LogP contribution in [0.5, 0.6) is 0 Å². The number of carbonyl (C=O) groups excluding carboxylic acids is 2. The van der Waals surface area contributed by atoms with Crippen LogP contribution in [0.3, 0.4) is 0 Å². The third kappa shape index (κ3) is 1.96. The molecule has 4 aliphatic carbocycles. The Morgan fingerprint density at radius 2 is 1.52 bits per heavy atom. The van der Waals surface area contributed by atoms with Crippen LogP contribution in [0.1, 0.15) is 79.4 Å². The number of rotatable bonds is 1. The van der Waals surface area contributed by atoms with Crippen molar-refractivity contribution in [3.05, 3.63) is 68.3 Å². The van der Waals surface area contributed by atoms with Crippen LogP contribution in [0.25, 0.3) is 0 Å². The summed E-state index contributed by atoms with van der Waals surface area (Å²) in [4.78, 5) is 26.2. The van der Waals surface area contributed by atoms with Gasteiger partial charge in [-0.25, -0.2) is 0 Å². The Bertz CT molecular complexity index is 1060. The fraction of sp³-hybridized carbons (Fsp3) is 0.440. The van der Waals surface area contributed by atoms with Crippen LogP contribution in [0.15, 0.2) is 18.2 Å².